The van der Waals surface area contributed by atoms with E-state index in [1.165, 1.54) is 26.1 Å². The maximum atomic E-state index is 13.2. The molecule has 2 aromatic rings. The summed E-state index contributed by atoms with van der Waals surface area (Å²) in [5, 5.41) is 10.9. The Morgan fingerprint density at radius 3 is 2.30 bits per heavy atom. The Morgan fingerprint density at radius 1 is 1.12 bits per heavy atom. The number of hydrogen-bond donors (Lipinski definition) is 1. The summed E-state index contributed by atoms with van der Waals surface area (Å²) >= 11 is 0.584. The van der Waals surface area contributed by atoms with E-state index in [0.29, 0.717) is 11.8 Å². The number of rotatable bonds is 6. The molecule has 0 saturated heterocycles. The summed E-state index contributed by atoms with van der Waals surface area (Å²) < 4.78 is 78.6. The monoisotopic (exact) mass is 490 g/mol. The molecule has 0 aliphatic rings. The molecule has 13 heteroatoms. The van der Waals surface area contributed by atoms with E-state index >= 15 is 0 Å². The minimum Gasteiger partial charge on any atom is -0.336 e. The van der Waals surface area contributed by atoms with Crippen LogP contribution in [-0.4, -0.2) is 41.0 Å². The second-order valence-electron chi connectivity index (χ2n) is 6.73. The normalized spacial score (nSPS) is 11.6. The van der Waals surface area contributed by atoms with Crippen LogP contribution in [0.2, 0.25) is 0 Å². The smallest absolute Gasteiger partial charge is 0.336 e. The van der Waals surface area contributed by atoms with Crippen molar-refractivity contribution < 1.29 is 35.9 Å². The van der Waals surface area contributed by atoms with E-state index in [4.69, 9.17) is 5.26 Å². The SMILES string of the molecule is Cc1cc(C(F)(F)F)c(C#N)c(SCC(=O)N(C)CC(=O)Nc2ccccc2C(F)(F)F)n1. The van der Waals surface area contributed by atoms with Gasteiger partial charge in [-0.25, -0.2) is 4.98 Å². The molecule has 1 N–H and O–H groups in total. The van der Waals surface area contributed by atoms with Gasteiger partial charge in [-0.3, -0.25) is 9.59 Å². The highest BCUT2D eigenvalue weighted by Gasteiger charge is 2.36. The highest BCUT2D eigenvalue weighted by Crippen LogP contribution is 2.36. The lowest BCUT2D eigenvalue weighted by Gasteiger charge is -2.18. The van der Waals surface area contributed by atoms with Gasteiger partial charge in [-0.05, 0) is 25.1 Å². The molecule has 2 rings (SSSR count). The first-order valence-corrected chi connectivity index (χ1v) is 10.0. The van der Waals surface area contributed by atoms with Gasteiger partial charge in [-0.15, -0.1) is 0 Å². The molecule has 0 aliphatic heterocycles. The fourth-order valence-electron chi connectivity index (χ4n) is 2.65. The number of carbonyl (C=O) groups is 2. The van der Waals surface area contributed by atoms with Gasteiger partial charge in [0.2, 0.25) is 11.8 Å². The average molecular weight is 490 g/mol. The van der Waals surface area contributed by atoms with Gasteiger partial charge in [0.25, 0.3) is 0 Å². The van der Waals surface area contributed by atoms with Crippen LogP contribution >= 0.6 is 11.8 Å². The fourth-order valence-corrected chi connectivity index (χ4v) is 3.64. The number of carbonyl (C=O) groups excluding carboxylic acids is 2. The van der Waals surface area contributed by atoms with Gasteiger partial charge in [0.1, 0.15) is 11.1 Å². The van der Waals surface area contributed by atoms with Crippen molar-refractivity contribution in [2.75, 3.05) is 24.7 Å². The maximum Gasteiger partial charge on any atom is 0.418 e. The Hall–Kier alpha value is -3.27. The largest absolute Gasteiger partial charge is 0.418 e. The van der Waals surface area contributed by atoms with Crippen molar-refractivity contribution >= 4 is 29.3 Å². The molecular formula is C20H16F6N4O2S. The zero-order valence-corrected chi connectivity index (χ0v) is 18.0. The van der Waals surface area contributed by atoms with Crippen LogP contribution in [0.1, 0.15) is 22.4 Å². The Balaban J connectivity index is 2.06. The Morgan fingerprint density at radius 2 is 1.73 bits per heavy atom. The van der Waals surface area contributed by atoms with E-state index in [1.807, 2.05) is 0 Å². The number of para-hydroxylation sites is 1. The molecule has 0 spiro atoms. The van der Waals surface area contributed by atoms with Crippen molar-refractivity contribution in [3.05, 3.63) is 52.7 Å². The van der Waals surface area contributed by atoms with Crippen LogP contribution in [0.5, 0.6) is 0 Å². The molecule has 33 heavy (non-hydrogen) atoms. The van der Waals surface area contributed by atoms with Gasteiger partial charge in [0.05, 0.1) is 34.7 Å². The van der Waals surface area contributed by atoms with Crippen LogP contribution in [0.15, 0.2) is 35.4 Å². The standard InChI is InChI=1S/C20H16F6N4O2S/c1-11-7-14(20(24,25)26)12(8-27)18(28-11)33-10-17(32)30(2)9-16(31)29-15-6-4-3-5-13(15)19(21,22)23/h3-7H,9-10H2,1-2H3,(H,29,31). The zero-order chi connectivity index (χ0) is 25.0. The summed E-state index contributed by atoms with van der Waals surface area (Å²) in [4.78, 5) is 29.2. The lowest BCUT2D eigenvalue weighted by molar-refractivity contribution is -0.138. The molecule has 0 fully saturated rings. The number of aryl methyl sites for hydroxylation is 1. The molecule has 0 bridgehead atoms. The van der Waals surface area contributed by atoms with Gasteiger partial charge >= 0.3 is 12.4 Å². The quantitative estimate of drug-likeness (QED) is 0.477. The van der Waals surface area contributed by atoms with Crippen LogP contribution in [0.3, 0.4) is 0 Å². The first kappa shape index (κ1) is 26.0. The molecule has 0 saturated carbocycles. The van der Waals surface area contributed by atoms with E-state index in [0.717, 1.165) is 29.2 Å². The van der Waals surface area contributed by atoms with Crippen LogP contribution < -0.4 is 5.32 Å². The number of alkyl halides is 6. The van der Waals surface area contributed by atoms with Gasteiger partial charge in [-0.1, -0.05) is 23.9 Å². The number of anilines is 1. The zero-order valence-electron chi connectivity index (χ0n) is 17.1. The lowest BCUT2D eigenvalue weighted by atomic mass is 10.1. The molecule has 1 aromatic heterocycles. The number of thioether (sulfide) groups is 1. The third kappa shape index (κ3) is 6.85. The molecule has 2 amide bonds. The van der Waals surface area contributed by atoms with E-state index < -0.39 is 58.8 Å². The average Bonchev–Trinajstić information content (AvgIpc) is 2.70. The molecule has 1 aromatic carbocycles. The summed E-state index contributed by atoms with van der Waals surface area (Å²) in [5.41, 5.74) is -3.45. The van der Waals surface area contributed by atoms with Gasteiger partial charge in [0.15, 0.2) is 0 Å². The van der Waals surface area contributed by atoms with Crippen molar-refractivity contribution in [2.24, 2.45) is 0 Å². The third-order valence-electron chi connectivity index (χ3n) is 4.18. The van der Waals surface area contributed by atoms with E-state index in [9.17, 15) is 35.9 Å². The molecule has 0 aliphatic carbocycles. The van der Waals surface area contributed by atoms with Crippen molar-refractivity contribution in [1.29, 1.82) is 5.26 Å². The van der Waals surface area contributed by atoms with E-state index in [-0.39, 0.29) is 10.7 Å². The van der Waals surface area contributed by atoms with Crippen molar-refractivity contribution in [1.82, 2.24) is 9.88 Å². The van der Waals surface area contributed by atoms with E-state index in [2.05, 4.69) is 10.3 Å². The number of nitrogens with one attached hydrogen (secondary N) is 1. The molecule has 0 atom stereocenters. The second-order valence-corrected chi connectivity index (χ2v) is 7.69. The van der Waals surface area contributed by atoms with Crippen molar-refractivity contribution in [2.45, 2.75) is 24.3 Å². The Bertz CT molecular complexity index is 1100. The molecule has 6 nitrogen and oxygen atoms in total. The molecule has 176 valence electrons. The third-order valence-corrected chi connectivity index (χ3v) is 5.14. The van der Waals surface area contributed by atoms with Gasteiger partial charge < -0.3 is 10.2 Å². The number of halogens is 6. The predicted octanol–water partition coefficient (Wildman–Crippen LogP) is 4.49. The summed E-state index contributed by atoms with van der Waals surface area (Å²) in [6.45, 7) is 0.698. The van der Waals surface area contributed by atoms with Crippen LogP contribution in [0.25, 0.3) is 0 Å². The minimum atomic E-state index is -4.79. The van der Waals surface area contributed by atoms with Crippen LogP contribution in [-0.2, 0) is 21.9 Å². The van der Waals surface area contributed by atoms with Crippen molar-refractivity contribution in [3.63, 3.8) is 0 Å². The number of amides is 2. The van der Waals surface area contributed by atoms with Gasteiger partial charge in [0, 0.05) is 12.7 Å². The highest BCUT2D eigenvalue weighted by atomic mass is 32.2. The molecular weight excluding hydrogens is 474 g/mol. The van der Waals surface area contributed by atoms with Crippen molar-refractivity contribution in [3.8, 4) is 6.07 Å². The Labute approximate surface area is 188 Å². The highest BCUT2D eigenvalue weighted by molar-refractivity contribution is 8.00. The van der Waals surface area contributed by atoms with Crippen LogP contribution in [0.4, 0.5) is 32.0 Å². The number of nitriles is 1. The number of benzene rings is 1. The molecule has 0 radical (unpaired) electrons. The Kier molecular flexibility index (Phi) is 7.97. The number of likely N-dealkylation sites (N-methyl/N-ethyl adjacent to an activating group) is 1. The predicted molar refractivity (Wildman–Crippen MR) is 107 cm³/mol. The fraction of sp³-hybridized carbons (Fsp3) is 0.300. The van der Waals surface area contributed by atoms with Gasteiger partial charge in [-0.2, -0.15) is 31.6 Å². The summed E-state index contributed by atoms with van der Waals surface area (Å²) in [6.07, 6.45) is -9.49. The number of pyridine rings is 1. The summed E-state index contributed by atoms with van der Waals surface area (Å²) in [7, 11) is 1.20. The maximum absolute atomic E-state index is 13.2. The molecule has 0 unspecified atom stereocenters. The number of hydrogen-bond acceptors (Lipinski definition) is 5. The summed E-state index contributed by atoms with van der Waals surface area (Å²) in [5.74, 6) is -2.07. The minimum absolute atomic E-state index is 0.00710. The topological polar surface area (TPSA) is 86.1 Å². The first-order valence-electron chi connectivity index (χ1n) is 9.05. The number of nitrogens with zero attached hydrogens (tertiary/aromatic N) is 3. The lowest BCUT2D eigenvalue weighted by Crippen LogP contribution is -2.36. The molecule has 1 heterocycles. The van der Waals surface area contributed by atoms with Crippen LogP contribution in [0, 0.1) is 18.3 Å². The number of aromatic nitrogens is 1. The first-order chi connectivity index (χ1) is 15.2. The summed E-state index contributed by atoms with van der Waals surface area (Å²) in [6, 6.07) is 6.47. The second kappa shape index (κ2) is 10.1. The van der Waals surface area contributed by atoms with E-state index in [1.54, 1.807) is 0 Å².